The molecule has 2 rings (SSSR count). The maximum Gasteiger partial charge on any atom is 0.319 e. The number of aliphatic hydroxyl groups is 1. The van der Waals surface area contributed by atoms with Crippen LogP contribution in [0, 0.1) is 6.92 Å². The minimum atomic E-state index is -0.745. The van der Waals surface area contributed by atoms with Gasteiger partial charge >= 0.3 is 6.03 Å². The average molecular weight is 318 g/mol. The Bertz CT molecular complexity index is 625. The van der Waals surface area contributed by atoms with Gasteiger partial charge < -0.3 is 20.5 Å². The molecule has 7 heteroatoms. The van der Waals surface area contributed by atoms with Crippen molar-refractivity contribution in [2.75, 3.05) is 25.6 Å². The third-order valence-electron chi connectivity index (χ3n) is 3.33. The predicted molar refractivity (Wildman–Crippen MR) is 87.3 cm³/mol. The largest absolute Gasteiger partial charge is 0.387 e. The molecular weight excluding hydrogens is 296 g/mol. The summed E-state index contributed by atoms with van der Waals surface area (Å²) in [7, 11) is 1.62. The van der Waals surface area contributed by atoms with Crippen molar-refractivity contribution in [1.82, 2.24) is 15.1 Å². The lowest BCUT2D eigenvalue weighted by Crippen LogP contribution is -2.32. The third-order valence-corrected chi connectivity index (χ3v) is 3.33. The highest BCUT2D eigenvalue weighted by Crippen LogP contribution is 2.12. The predicted octanol–water partition coefficient (Wildman–Crippen LogP) is 1.69. The molecule has 23 heavy (non-hydrogen) atoms. The molecule has 0 saturated heterocycles. The Balaban J connectivity index is 1.78. The number of aryl methyl sites for hydroxylation is 1. The van der Waals surface area contributed by atoms with E-state index >= 15 is 0 Å². The fourth-order valence-corrected chi connectivity index (χ4v) is 2.01. The number of ether oxygens (including phenoxy) is 1. The molecule has 0 radical (unpaired) electrons. The molecule has 0 spiro atoms. The summed E-state index contributed by atoms with van der Waals surface area (Å²) in [5.74, 6) is 0. The number of urea groups is 1. The number of carbonyl (C=O) groups is 1. The van der Waals surface area contributed by atoms with Crippen molar-refractivity contribution in [3.8, 4) is 0 Å². The lowest BCUT2D eigenvalue weighted by molar-refractivity contribution is 0.175. The number of benzene rings is 1. The quantitative estimate of drug-likeness (QED) is 0.725. The number of nitrogens with one attached hydrogen (secondary N) is 2. The minimum absolute atomic E-state index is 0.132. The summed E-state index contributed by atoms with van der Waals surface area (Å²) < 4.78 is 6.64. The topological polar surface area (TPSA) is 88.4 Å². The van der Waals surface area contributed by atoms with Crippen molar-refractivity contribution in [3.63, 3.8) is 0 Å². The normalized spacial score (nSPS) is 12.0. The number of carbonyl (C=O) groups excluding carboxylic acids is 1. The Kier molecular flexibility index (Phi) is 6.13. The Morgan fingerprint density at radius 3 is 2.83 bits per heavy atom. The van der Waals surface area contributed by atoms with Crippen molar-refractivity contribution in [2.24, 2.45) is 0 Å². The fourth-order valence-electron chi connectivity index (χ4n) is 2.01. The van der Waals surface area contributed by atoms with Crippen LogP contribution in [0.5, 0.6) is 0 Å². The molecule has 7 nitrogen and oxygen atoms in total. The van der Waals surface area contributed by atoms with Gasteiger partial charge in [-0.15, -0.1) is 0 Å². The van der Waals surface area contributed by atoms with Gasteiger partial charge in [0.05, 0.1) is 31.1 Å². The first-order valence-electron chi connectivity index (χ1n) is 7.39. The van der Waals surface area contributed by atoms with Crippen molar-refractivity contribution in [1.29, 1.82) is 0 Å². The van der Waals surface area contributed by atoms with Crippen LogP contribution in [-0.2, 0) is 11.3 Å². The summed E-state index contributed by atoms with van der Waals surface area (Å²) in [5.41, 5.74) is 2.48. The molecule has 0 bridgehead atoms. The highest BCUT2D eigenvalue weighted by Gasteiger charge is 2.10. The molecule has 0 saturated carbocycles. The Morgan fingerprint density at radius 2 is 2.13 bits per heavy atom. The van der Waals surface area contributed by atoms with E-state index in [2.05, 4.69) is 15.7 Å². The van der Waals surface area contributed by atoms with Crippen LogP contribution in [0.25, 0.3) is 0 Å². The second kappa shape index (κ2) is 8.30. The number of methoxy groups -OCH3 is 1. The van der Waals surface area contributed by atoms with Crippen LogP contribution in [0.3, 0.4) is 0 Å². The van der Waals surface area contributed by atoms with Gasteiger partial charge in [0.2, 0.25) is 0 Å². The number of nitrogens with zero attached hydrogens (tertiary/aromatic N) is 2. The molecular formula is C16H22N4O3. The molecule has 0 fully saturated rings. The molecule has 124 valence electrons. The van der Waals surface area contributed by atoms with Gasteiger partial charge in [0, 0.05) is 19.9 Å². The second-order valence-corrected chi connectivity index (χ2v) is 5.25. The lowest BCUT2D eigenvalue weighted by atomic mass is 10.1. The highest BCUT2D eigenvalue weighted by molar-refractivity contribution is 5.88. The molecule has 0 aliphatic carbocycles. The molecule has 1 aromatic carbocycles. The molecule has 2 amide bonds. The summed E-state index contributed by atoms with van der Waals surface area (Å²) in [5, 5.41) is 19.5. The van der Waals surface area contributed by atoms with Gasteiger partial charge in [0.1, 0.15) is 0 Å². The van der Waals surface area contributed by atoms with Crippen LogP contribution in [0.4, 0.5) is 10.5 Å². The molecule has 0 aliphatic rings. The number of amides is 2. The van der Waals surface area contributed by atoms with E-state index < -0.39 is 6.10 Å². The van der Waals surface area contributed by atoms with E-state index in [0.717, 1.165) is 11.1 Å². The van der Waals surface area contributed by atoms with E-state index in [9.17, 15) is 9.90 Å². The first-order valence-corrected chi connectivity index (χ1v) is 7.39. The minimum Gasteiger partial charge on any atom is -0.387 e. The average Bonchev–Trinajstić information content (AvgIpc) is 2.98. The Labute approximate surface area is 135 Å². The Hall–Kier alpha value is -2.38. The molecule has 0 aliphatic heterocycles. The number of aromatic nitrogens is 2. The molecule has 1 atom stereocenters. The zero-order valence-corrected chi connectivity index (χ0v) is 13.3. The van der Waals surface area contributed by atoms with Crippen molar-refractivity contribution in [3.05, 3.63) is 47.8 Å². The highest BCUT2D eigenvalue weighted by atomic mass is 16.5. The van der Waals surface area contributed by atoms with E-state index in [1.807, 2.05) is 31.2 Å². The molecule has 1 heterocycles. The fraction of sp³-hybridized carbons (Fsp3) is 0.375. The van der Waals surface area contributed by atoms with E-state index in [-0.39, 0.29) is 12.6 Å². The van der Waals surface area contributed by atoms with Crippen LogP contribution < -0.4 is 10.6 Å². The number of hydrogen-bond acceptors (Lipinski definition) is 4. The zero-order chi connectivity index (χ0) is 16.7. The van der Waals surface area contributed by atoms with Crippen molar-refractivity contribution in [2.45, 2.75) is 19.6 Å². The summed E-state index contributed by atoms with van der Waals surface area (Å²) in [6.07, 6.45) is 2.53. The number of aliphatic hydroxyl groups excluding tert-OH is 1. The standard InChI is InChI=1S/C16H22N4O3/c1-12-3-5-13(6-4-12)15(21)10-17-16(22)19-14-9-18-20(11-14)7-8-23-2/h3-6,9,11,15,21H,7-8,10H2,1-2H3,(H2,17,19,22)/t15-/m1/s1. The van der Waals surface area contributed by atoms with Gasteiger partial charge in [-0.05, 0) is 12.5 Å². The van der Waals surface area contributed by atoms with Gasteiger partial charge in [-0.2, -0.15) is 5.10 Å². The number of anilines is 1. The maximum absolute atomic E-state index is 11.8. The van der Waals surface area contributed by atoms with Crippen LogP contribution in [-0.4, -0.2) is 41.2 Å². The number of rotatable bonds is 7. The van der Waals surface area contributed by atoms with Gasteiger partial charge in [-0.3, -0.25) is 4.68 Å². The molecule has 1 aromatic heterocycles. The molecule has 0 unspecified atom stereocenters. The van der Waals surface area contributed by atoms with Crippen LogP contribution in [0.15, 0.2) is 36.7 Å². The second-order valence-electron chi connectivity index (χ2n) is 5.25. The van der Waals surface area contributed by atoms with Gasteiger partial charge in [-0.1, -0.05) is 29.8 Å². The SMILES string of the molecule is COCCn1cc(NC(=O)NC[C@@H](O)c2ccc(C)cc2)cn1. The monoisotopic (exact) mass is 318 g/mol. The first kappa shape index (κ1) is 17.0. The lowest BCUT2D eigenvalue weighted by Gasteiger charge is -2.12. The summed E-state index contributed by atoms with van der Waals surface area (Å²) in [6, 6.07) is 7.15. The van der Waals surface area contributed by atoms with Gasteiger partial charge in [-0.25, -0.2) is 4.79 Å². The van der Waals surface area contributed by atoms with Crippen molar-refractivity contribution < 1.29 is 14.6 Å². The summed E-state index contributed by atoms with van der Waals surface area (Å²) >= 11 is 0. The maximum atomic E-state index is 11.8. The van der Waals surface area contributed by atoms with E-state index in [0.29, 0.717) is 18.8 Å². The van der Waals surface area contributed by atoms with Crippen LogP contribution in [0.1, 0.15) is 17.2 Å². The van der Waals surface area contributed by atoms with Crippen molar-refractivity contribution >= 4 is 11.7 Å². The van der Waals surface area contributed by atoms with Crippen LogP contribution in [0.2, 0.25) is 0 Å². The Morgan fingerprint density at radius 1 is 1.39 bits per heavy atom. The van der Waals surface area contributed by atoms with E-state index in [1.54, 1.807) is 24.2 Å². The summed E-state index contributed by atoms with van der Waals surface area (Å²) in [4.78, 5) is 11.8. The smallest absolute Gasteiger partial charge is 0.319 e. The van der Waals surface area contributed by atoms with Gasteiger partial charge in [0.25, 0.3) is 0 Å². The van der Waals surface area contributed by atoms with Gasteiger partial charge in [0.15, 0.2) is 0 Å². The molecule has 2 aromatic rings. The summed E-state index contributed by atoms with van der Waals surface area (Å²) in [6.45, 7) is 3.28. The number of hydrogen-bond donors (Lipinski definition) is 3. The van der Waals surface area contributed by atoms with E-state index in [4.69, 9.17) is 4.74 Å². The first-order chi connectivity index (χ1) is 11.1. The third kappa shape index (κ3) is 5.39. The molecule has 3 N–H and O–H groups in total. The van der Waals surface area contributed by atoms with E-state index in [1.165, 1.54) is 0 Å². The zero-order valence-electron chi connectivity index (χ0n) is 13.3. The van der Waals surface area contributed by atoms with Crippen LogP contribution >= 0.6 is 0 Å².